The minimum atomic E-state index is -0.723. The molecule has 8 heteroatoms. The number of benzene rings is 1. The van der Waals surface area contributed by atoms with Gasteiger partial charge in [-0.3, -0.25) is 24.5 Å². The summed E-state index contributed by atoms with van der Waals surface area (Å²) in [6, 6.07) is 10.7. The Morgan fingerprint density at radius 1 is 1.18 bits per heavy atom. The number of nitrogens with zero attached hydrogens (tertiary/aromatic N) is 2. The minimum Gasteiger partial charge on any atom is -0.455 e. The highest BCUT2D eigenvalue weighted by Crippen LogP contribution is 2.26. The van der Waals surface area contributed by atoms with E-state index in [4.69, 9.17) is 4.74 Å². The Kier molecular flexibility index (Phi) is 5.58. The highest BCUT2D eigenvalue weighted by Gasteiger charge is 2.36. The molecule has 0 spiro atoms. The number of carbonyl (C=O) groups excluding carboxylic acids is 4. The molecule has 3 rings (SSSR count). The van der Waals surface area contributed by atoms with E-state index in [1.807, 2.05) is 31.2 Å². The molecular weight excluding hydrogens is 362 g/mol. The van der Waals surface area contributed by atoms with Crippen LogP contribution in [-0.4, -0.2) is 41.4 Å². The van der Waals surface area contributed by atoms with E-state index in [1.54, 1.807) is 29.9 Å². The summed E-state index contributed by atoms with van der Waals surface area (Å²) in [6.45, 7) is 1.57. The number of aromatic nitrogens is 1. The number of aryl methyl sites for hydroxylation is 2. The highest BCUT2D eigenvalue weighted by atomic mass is 16.5. The summed E-state index contributed by atoms with van der Waals surface area (Å²) in [4.78, 5) is 49.8. The van der Waals surface area contributed by atoms with E-state index in [0.29, 0.717) is 5.69 Å². The SMILES string of the molecule is Cc1ccc(N2C[C@@H](C(=O)OCC(=O)NC(=O)c3cccn3C)CC2=O)cc1. The maximum Gasteiger partial charge on any atom is 0.311 e. The smallest absolute Gasteiger partial charge is 0.311 e. The number of imide groups is 1. The maximum absolute atomic E-state index is 12.2. The zero-order valence-electron chi connectivity index (χ0n) is 15.7. The predicted octanol–water partition coefficient (Wildman–Crippen LogP) is 1.19. The molecule has 1 saturated heterocycles. The fourth-order valence-corrected chi connectivity index (χ4v) is 3.02. The van der Waals surface area contributed by atoms with Crippen LogP contribution in [0.2, 0.25) is 0 Å². The molecule has 8 nitrogen and oxygen atoms in total. The first kappa shape index (κ1) is 19.3. The Bertz CT molecular complexity index is 916. The lowest BCUT2D eigenvalue weighted by molar-refractivity contribution is -0.152. The van der Waals surface area contributed by atoms with E-state index in [0.717, 1.165) is 11.3 Å². The van der Waals surface area contributed by atoms with Gasteiger partial charge in [0.05, 0.1) is 5.92 Å². The fraction of sp³-hybridized carbons (Fsp3) is 0.300. The molecule has 0 saturated carbocycles. The number of rotatable bonds is 5. The molecule has 0 unspecified atom stereocenters. The lowest BCUT2D eigenvalue weighted by atomic mass is 10.1. The normalized spacial score (nSPS) is 16.1. The van der Waals surface area contributed by atoms with Gasteiger partial charge >= 0.3 is 5.97 Å². The van der Waals surface area contributed by atoms with Crippen molar-refractivity contribution >= 4 is 29.4 Å². The maximum atomic E-state index is 12.2. The Hall–Kier alpha value is -3.42. The summed E-state index contributed by atoms with van der Waals surface area (Å²) < 4.78 is 6.57. The zero-order valence-corrected chi connectivity index (χ0v) is 15.7. The Labute approximate surface area is 162 Å². The van der Waals surface area contributed by atoms with Crippen LogP contribution in [0, 0.1) is 12.8 Å². The van der Waals surface area contributed by atoms with Crippen molar-refractivity contribution in [2.24, 2.45) is 13.0 Å². The third kappa shape index (κ3) is 4.28. The summed E-state index contributed by atoms with van der Waals surface area (Å²) in [6.07, 6.45) is 1.70. The number of esters is 1. The van der Waals surface area contributed by atoms with Crippen LogP contribution in [0.25, 0.3) is 0 Å². The van der Waals surface area contributed by atoms with Crippen LogP contribution in [0.5, 0.6) is 0 Å². The van der Waals surface area contributed by atoms with Gasteiger partial charge in [-0.15, -0.1) is 0 Å². The first-order valence-corrected chi connectivity index (χ1v) is 8.84. The van der Waals surface area contributed by atoms with E-state index in [2.05, 4.69) is 5.32 Å². The minimum absolute atomic E-state index is 0.0244. The molecule has 1 N–H and O–H groups in total. The van der Waals surface area contributed by atoms with Crippen LogP contribution < -0.4 is 10.2 Å². The van der Waals surface area contributed by atoms with Gasteiger partial charge in [-0.2, -0.15) is 0 Å². The lowest BCUT2D eigenvalue weighted by Crippen LogP contribution is -2.36. The van der Waals surface area contributed by atoms with Crippen LogP contribution in [0.1, 0.15) is 22.5 Å². The average Bonchev–Trinajstić information content (AvgIpc) is 3.26. The highest BCUT2D eigenvalue weighted by molar-refractivity contribution is 6.04. The number of hydrogen-bond donors (Lipinski definition) is 1. The molecule has 1 atom stereocenters. The van der Waals surface area contributed by atoms with Gasteiger partial charge in [0.2, 0.25) is 5.91 Å². The predicted molar refractivity (Wildman–Crippen MR) is 100 cm³/mol. The summed E-state index contributed by atoms with van der Waals surface area (Å²) in [5, 5.41) is 2.16. The van der Waals surface area contributed by atoms with Crippen molar-refractivity contribution in [2.75, 3.05) is 18.1 Å². The Morgan fingerprint density at radius 3 is 2.54 bits per heavy atom. The van der Waals surface area contributed by atoms with E-state index in [9.17, 15) is 19.2 Å². The van der Waals surface area contributed by atoms with Crippen molar-refractivity contribution in [1.29, 1.82) is 0 Å². The zero-order chi connectivity index (χ0) is 20.3. The second-order valence-electron chi connectivity index (χ2n) is 6.73. The van der Waals surface area contributed by atoms with Gasteiger partial charge in [-0.25, -0.2) is 0 Å². The van der Waals surface area contributed by atoms with Gasteiger partial charge in [0.1, 0.15) is 5.69 Å². The van der Waals surface area contributed by atoms with E-state index < -0.39 is 30.3 Å². The van der Waals surface area contributed by atoms with Crippen LogP contribution in [0.15, 0.2) is 42.6 Å². The van der Waals surface area contributed by atoms with Gasteiger partial charge in [-0.1, -0.05) is 17.7 Å². The van der Waals surface area contributed by atoms with Gasteiger partial charge in [-0.05, 0) is 31.2 Å². The van der Waals surface area contributed by atoms with Crippen molar-refractivity contribution in [3.63, 3.8) is 0 Å². The fourth-order valence-electron chi connectivity index (χ4n) is 3.02. The van der Waals surface area contributed by atoms with Crippen molar-refractivity contribution in [2.45, 2.75) is 13.3 Å². The quantitative estimate of drug-likeness (QED) is 0.782. The van der Waals surface area contributed by atoms with Crippen LogP contribution in [0.3, 0.4) is 0 Å². The van der Waals surface area contributed by atoms with Crippen LogP contribution in [-0.2, 0) is 26.2 Å². The summed E-state index contributed by atoms with van der Waals surface area (Å²) >= 11 is 0. The third-order valence-electron chi connectivity index (χ3n) is 4.58. The number of ether oxygens (including phenoxy) is 1. The number of carbonyl (C=O) groups is 4. The Morgan fingerprint density at radius 2 is 1.89 bits per heavy atom. The number of anilines is 1. The van der Waals surface area contributed by atoms with Crippen molar-refractivity contribution in [1.82, 2.24) is 9.88 Å². The van der Waals surface area contributed by atoms with Crippen molar-refractivity contribution in [3.8, 4) is 0 Å². The first-order valence-electron chi connectivity index (χ1n) is 8.84. The number of hydrogen-bond acceptors (Lipinski definition) is 5. The van der Waals surface area contributed by atoms with Gasteiger partial charge in [0.25, 0.3) is 11.8 Å². The lowest BCUT2D eigenvalue weighted by Gasteiger charge is -2.16. The molecule has 146 valence electrons. The summed E-state index contributed by atoms with van der Waals surface area (Å²) in [7, 11) is 1.68. The second-order valence-corrected chi connectivity index (χ2v) is 6.73. The summed E-state index contributed by atoms with van der Waals surface area (Å²) in [5.41, 5.74) is 2.11. The summed E-state index contributed by atoms with van der Waals surface area (Å²) in [5.74, 6) is -2.75. The monoisotopic (exact) mass is 383 g/mol. The first-order chi connectivity index (χ1) is 13.3. The van der Waals surface area contributed by atoms with E-state index >= 15 is 0 Å². The molecule has 1 aromatic heterocycles. The molecule has 1 aromatic carbocycles. The van der Waals surface area contributed by atoms with E-state index in [1.165, 1.54) is 4.90 Å². The standard InChI is InChI=1S/C20H21N3O5/c1-13-5-7-15(8-6-13)23-11-14(10-18(23)25)20(27)28-12-17(24)21-19(26)16-4-3-9-22(16)2/h3-9,14H,10-12H2,1-2H3,(H,21,24,26)/t14-/m0/s1. The molecule has 2 aromatic rings. The van der Waals surface area contributed by atoms with Crippen molar-refractivity contribution < 1.29 is 23.9 Å². The number of nitrogens with one attached hydrogen (secondary N) is 1. The second kappa shape index (κ2) is 8.08. The molecule has 28 heavy (non-hydrogen) atoms. The van der Waals surface area contributed by atoms with Gasteiger partial charge < -0.3 is 14.2 Å². The van der Waals surface area contributed by atoms with Gasteiger partial charge in [0, 0.05) is 31.9 Å². The third-order valence-corrected chi connectivity index (χ3v) is 4.58. The molecule has 0 aliphatic carbocycles. The van der Waals surface area contributed by atoms with Gasteiger partial charge in [0.15, 0.2) is 6.61 Å². The molecule has 0 bridgehead atoms. The van der Waals surface area contributed by atoms with E-state index in [-0.39, 0.29) is 18.9 Å². The molecule has 3 amide bonds. The molecule has 1 aliphatic rings. The topological polar surface area (TPSA) is 97.7 Å². The molecule has 0 radical (unpaired) electrons. The molecule has 1 fully saturated rings. The largest absolute Gasteiger partial charge is 0.455 e. The van der Waals surface area contributed by atoms with Crippen LogP contribution >= 0.6 is 0 Å². The molecule has 2 heterocycles. The van der Waals surface area contributed by atoms with Crippen LogP contribution in [0.4, 0.5) is 5.69 Å². The molecular formula is C20H21N3O5. The van der Waals surface area contributed by atoms with Crippen molar-refractivity contribution in [3.05, 3.63) is 53.9 Å². The molecule has 1 aliphatic heterocycles. The number of amides is 3. The average molecular weight is 383 g/mol. The Balaban J connectivity index is 1.50.